The van der Waals surface area contributed by atoms with Gasteiger partial charge in [-0.3, -0.25) is 0 Å². The number of carbonyl (C=O) groups is 1. The molecule has 1 atom stereocenters. The lowest BCUT2D eigenvalue weighted by Gasteiger charge is -2.31. The molecule has 1 aliphatic heterocycles. The quantitative estimate of drug-likeness (QED) is 0.575. The summed E-state index contributed by atoms with van der Waals surface area (Å²) >= 11 is 1.62. The standard InChI is InChI=1S/C22H21F2N3OS/c1-29-17-8-6-16(7-9-17)25-22(28)27-13-3-12-26-11-2-4-20(26)21(27)18-10-5-15(23)14-19(18)24/h2,4-11,14,21H,3,12-13H2,1H3,(H,25,28). The van der Waals surface area contributed by atoms with E-state index in [9.17, 15) is 13.6 Å². The first-order valence-electron chi connectivity index (χ1n) is 9.38. The van der Waals surface area contributed by atoms with Crippen LogP contribution in [0.1, 0.15) is 23.7 Å². The summed E-state index contributed by atoms with van der Waals surface area (Å²) in [6, 6.07) is 13.9. The first kappa shape index (κ1) is 19.5. The van der Waals surface area contributed by atoms with Crippen LogP contribution in [0, 0.1) is 11.6 Å². The molecule has 0 fully saturated rings. The first-order chi connectivity index (χ1) is 14.1. The summed E-state index contributed by atoms with van der Waals surface area (Å²) in [7, 11) is 0. The number of aromatic nitrogens is 1. The van der Waals surface area contributed by atoms with Crippen LogP contribution in [0.3, 0.4) is 0 Å². The molecule has 0 saturated carbocycles. The van der Waals surface area contributed by atoms with Gasteiger partial charge in [-0.25, -0.2) is 13.6 Å². The van der Waals surface area contributed by atoms with Gasteiger partial charge in [0, 0.05) is 47.2 Å². The number of nitrogens with zero attached hydrogens (tertiary/aromatic N) is 2. The number of thioether (sulfide) groups is 1. The lowest BCUT2D eigenvalue weighted by Crippen LogP contribution is -2.39. The number of amides is 2. The highest BCUT2D eigenvalue weighted by molar-refractivity contribution is 7.98. The van der Waals surface area contributed by atoms with Gasteiger partial charge in [0.2, 0.25) is 0 Å². The molecule has 2 amide bonds. The van der Waals surface area contributed by atoms with Crippen molar-refractivity contribution in [3.05, 3.63) is 83.7 Å². The molecule has 150 valence electrons. The maximum Gasteiger partial charge on any atom is 0.322 e. The Morgan fingerprint density at radius 3 is 2.62 bits per heavy atom. The second kappa shape index (κ2) is 8.29. The van der Waals surface area contributed by atoms with Gasteiger partial charge in [-0.05, 0) is 55.1 Å². The number of urea groups is 1. The number of aryl methyl sites for hydroxylation is 1. The Balaban J connectivity index is 1.70. The highest BCUT2D eigenvalue weighted by atomic mass is 32.2. The average Bonchev–Trinajstić information content (AvgIpc) is 3.09. The molecule has 1 N–H and O–H groups in total. The summed E-state index contributed by atoms with van der Waals surface area (Å²) < 4.78 is 30.2. The topological polar surface area (TPSA) is 37.3 Å². The fourth-order valence-electron chi connectivity index (χ4n) is 3.72. The Labute approximate surface area is 172 Å². The summed E-state index contributed by atoms with van der Waals surface area (Å²) in [5, 5.41) is 2.92. The molecule has 1 aromatic heterocycles. The lowest BCUT2D eigenvalue weighted by molar-refractivity contribution is 0.198. The Bertz CT molecular complexity index is 1020. The van der Waals surface area contributed by atoms with Gasteiger partial charge in [-0.2, -0.15) is 0 Å². The number of rotatable bonds is 3. The van der Waals surface area contributed by atoms with E-state index in [4.69, 9.17) is 0 Å². The third-order valence-electron chi connectivity index (χ3n) is 5.11. The van der Waals surface area contributed by atoms with Gasteiger partial charge in [0.15, 0.2) is 0 Å². The molecule has 1 aliphatic rings. The predicted molar refractivity (Wildman–Crippen MR) is 111 cm³/mol. The van der Waals surface area contributed by atoms with Crippen molar-refractivity contribution in [1.29, 1.82) is 0 Å². The molecule has 7 heteroatoms. The van der Waals surface area contributed by atoms with Crippen LogP contribution in [0.25, 0.3) is 0 Å². The van der Waals surface area contributed by atoms with Gasteiger partial charge in [0.25, 0.3) is 0 Å². The largest absolute Gasteiger partial charge is 0.349 e. The van der Waals surface area contributed by atoms with E-state index in [1.807, 2.05) is 53.4 Å². The highest BCUT2D eigenvalue weighted by Crippen LogP contribution is 2.34. The minimum absolute atomic E-state index is 0.279. The van der Waals surface area contributed by atoms with Crippen molar-refractivity contribution in [2.75, 3.05) is 18.1 Å². The van der Waals surface area contributed by atoms with Gasteiger partial charge in [-0.1, -0.05) is 6.07 Å². The molecule has 1 unspecified atom stereocenters. The zero-order valence-electron chi connectivity index (χ0n) is 15.9. The Morgan fingerprint density at radius 1 is 1.10 bits per heavy atom. The van der Waals surface area contributed by atoms with Crippen LogP contribution in [0.15, 0.2) is 65.7 Å². The molecule has 4 rings (SSSR count). The number of anilines is 1. The molecular weight excluding hydrogens is 392 g/mol. The number of fused-ring (bicyclic) bond motifs is 1. The third kappa shape index (κ3) is 4.00. The van der Waals surface area contributed by atoms with E-state index in [0.717, 1.165) is 29.6 Å². The highest BCUT2D eigenvalue weighted by Gasteiger charge is 2.32. The Morgan fingerprint density at radius 2 is 1.90 bits per heavy atom. The maximum absolute atomic E-state index is 14.7. The first-order valence-corrected chi connectivity index (χ1v) is 10.6. The molecule has 0 bridgehead atoms. The molecule has 29 heavy (non-hydrogen) atoms. The van der Waals surface area contributed by atoms with Crippen molar-refractivity contribution in [1.82, 2.24) is 9.47 Å². The number of nitrogens with one attached hydrogen (secondary N) is 1. The van der Waals surface area contributed by atoms with E-state index in [0.29, 0.717) is 12.2 Å². The Hall–Kier alpha value is -2.80. The number of benzene rings is 2. The summed E-state index contributed by atoms with van der Waals surface area (Å²) in [4.78, 5) is 15.9. The maximum atomic E-state index is 14.7. The van der Waals surface area contributed by atoms with Crippen LogP contribution < -0.4 is 5.32 Å². The zero-order chi connectivity index (χ0) is 20.4. The minimum atomic E-state index is -0.660. The summed E-state index contributed by atoms with van der Waals surface area (Å²) in [6.45, 7) is 1.19. The van der Waals surface area contributed by atoms with Crippen LogP contribution in [0.2, 0.25) is 0 Å². The smallest absolute Gasteiger partial charge is 0.322 e. The van der Waals surface area contributed by atoms with Crippen LogP contribution in [-0.4, -0.2) is 28.3 Å². The van der Waals surface area contributed by atoms with Gasteiger partial charge in [-0.15, -0.1) is 11.8 Å². The van der Waals surface area contributed by atoms with Crippen molar-refractivity contribution >= 4 is 23.5 Å². The van der Waals surface area contributed by atoms with Crippen molar-refractivity contribution in [3.8, 4) is 0 Å². The fourth-order valence-corrected chi connectivity index (χ4v) is 4.13. The lowest BCUT2D eigenvalue weighted by atomic mass is 10.0. The van der Waals surface area contributed by atoms with E-state index >= 15 is 0 Å². The third-order valence-corrected chi connectivity index (χ3v) is 5.86. The molecule has 0 spiro atoms. The monoisotopic (exact) mass is 413 g/mol. The van der Waals surface area contributed by atoms with Crippen molar-refractivity contribution in [2.24, 2.45) is 0 Å². The van der Waals surface area contributed by atoms with Gasteiger partial charge >= 0.3 is 6.03 Å². The molecule has 2 heterocycles. The SMILES string of the molecule is CSc1ccc(NC(=O)N2CCCn3cccc3C2c2ccc(F)cc2F)cc1. The van der Waals surface area contributed by atoms with Gasteiger partial charge in [0.1, 0.15) is 17.7 Å². The summed E-state index contributed by atoms with van der Waals surface area (Å²) in [6.07, 6.45) is 4.65. The van der Waals surface area contributed by atoms with Crippen molar-refractivity contribution in [2.45, 2.75) is 23.9 Å². The van der Waals surface area contributed by atoms with E-state index in [1.165, 1.54) is 12.1 Å². The number of hydrogen-bond acceptors (Lipinski definition) is 2. The molecule has 0 aliphatic carbocycles. The average molecular weight is 413 g/mol. The fraction of sp³-hybridized carbons (Fsp3) is 0.227. The Kier molecular flexibility index (Phi) is 5.58. The number of hydrogen-bond donors (Lipinski definition) is 1. The van der Waals surface area contributed by atoms with E-state index in [1.54, 1.807) is 16.7 Å². The van der Waals surface area contributed by atoms with Crippen LogP contribution in [0.5, 0.6) is 0 Å². The van der Waals surface area contributed by atoms with Crippen molar-refractivity contribution < 1.29 is 13.6 Å². The van der Waals surface area contributed by atoms with Crippen molar-refractivity contribution in [3.63, 3.8) is 0 Å². The minimum Gasteiger partial charge on any atom is -0.349 e. The molecule has 0 saturated heterocycles. The van der Waals surface area contributed by atoms with Gasteiger partial charge < -0.3 is 14.8 Å². The molecule has 2 aromatic carbocycles. The molecule has 3 aromatic rings. The second-order valence-electron chi connectivity index (χ2n) is 6.90. The van der Waals surface area contributed by atoms with E-state index in [2.05, 4.69) is 5.32 Å². The predicted octanol–water partition coefficient (Wildman–Crippen LogP) is 5.52. The van der Waals surface area contributed by atoms with Crippen LogP contribution in [0.4, 0.5) is 19.3 Å². The zero-order valence-corrected chi connectivity index (χ0v) is 16.8. The van der Waals surface area contributed by atoms with E-state index < -0.39 is 17.7 Å². The summed E-state index contributed by atoms with van der Waals surface area (Å²) in [5.41, 5.74) is 1.76. The molecule has 4 nitrogen and oxygen atoms in total. The second-order valence-corrected chi connectivity index (χ2v) is 7.78. The molecular formula is C22H21F2N3OS. The summed E-state index contributed by atoms with van der Waals surface area (Å²) in [5.74, 6) is -1.30. The number of carbonyl (C=O) groups excluding carboxylic acids is 1. The van der Waals surface area contributed by atoms with Gasteiger partial charge in [0.05, 0.1) is 0 Å². The number of halogens is 2. The normalized spacial score (nSPS) is 16.2. The van der Waals surface area contributed by atoms with E-state index in [-0.39, 0.29) is 11.6 Å². The van der Waals surface area contributed by atoms with Crippen LogP contribution >= 0.6 is 11.8 Å². The van der Waals surface area contributed by atoms with Crippen LogP contribution in [-0.2, 0) is 6.54 Å². The molecule has 0 radical (unpaired) electrons.